The highest BCUT2D eigenvalue weighted by Crippen LogP contribution is 2.09. The largest absolute Gasteiger partial charge is 0.356 e. The van der Waals surface area contributed by atoms with E-state index in [1.54, 1.807) is 0 Å². The first kappa shape index (κ1) is 13.2. The average molecular weight is 233 g/mol. The predicted octanol–water partition coefficient (Wildman–Crippen LogP) is 2.27. The second-order valence-electron chi connectivity index (χ2n) is 3.43. The van der Waals surface area contributed by atoms with Gasteiger partial charge in [-0.1, -0.05) is 26.0 Å². The summed E-state index contributed by atoms with van der Waals surface area (Å²) < 4.78 is 0. The smallest absolute Gasteiger partial charge is 0.216 e. The Hall–Kier alpha value is -1.84. The van der Waals surface area contributed by atoms with Crippen LogP contribution in [0.2, 0.25) is 0 Å². The van der Waals surface area contributed by atoms with E-state index >= 15 is 0 Å². The van der Waals surface area contributed by atoms with E-state index in [4.69, 9.17) is 0 Å². The lowest BCUT2D eigenvalue weighted by atomic mass is 10.3. The molecular formula is C13H19N3O. The number of amides is 1. The summed E-state index contributed by atoms with van der Waals surface area (Å²) in [4.78, 5) is 18.3. The minimum absolute atomic E-state index is 0.00823. The minimum Gasteiger partial charge on any atom is -0.356 e. The standard InChI is InChI=1S/C11H13N3O.C2H6/c1-8(15)12-7-6-11-13-9-4-2-3-5-10(9)14-11;1-2/h2-5H,6-7H2,1H3,(H,12,15)(H,13,14);1-2H3. The fourth-order valence-corrected chi connectivity index (χ4v) is 1.48. The van der Waals surface area contributed by atoms with Gasteiger partial charge in [0.25, 0.3) is 0 Å². The van der Waals surface area contributed by atoms with E-state index in [0.29, 0.717) is 6.54 Å². The topological polar surface area (TPSA) is 57.8 Å². The van der Waals surface area contributed by atoms with Crippen LogP contribution in [0, 0.1) is 0 Å². The van der Waals surface area contributed by atoms with Gasteiger partial charge in [-0.2, -0.15) is 0 Å². The number of hydrogen-bond acceptors (Lipinski definition) is 2. The molecule has 0 unspecified atom stereocenters. The zero-order chi connectivity index (χ0) is 12.7. The molecule has 1 aromatic carbocycles. The van der Waals surface area contributed by atoms with Gasteiger partial charge in [0.2, 0.25) is 5.91 Å². The summed E-state index contributed by atoms with van der Waals surface area (Å²) in [5, 5.41) is 2.74. The zero-order valence-corrected chi connectivity index (χ0v) is 10.6. The molecular weight excluding hydrogens is 214 g/mol. The molecule has 4 nitrogen and oxygen atoms in total. The maximum absolute atomic E-state index is 10.7. The Bertz CT molecular complexity index is 443. The number of benzene rings is 1. The van der Waals surface area contributed by atoms with Gasteiger partial charge in [0, 0.05) is 19.9 Å². The number of para-hydroxylation sites is 2. The Balaban J connectivity index is 0.000000686. The van der Waals surface area contributed by atoms with E-state index in [0.717, 1.165) is 23.3 Å². The van der Waals surface area contributed by atoms with Crippen molar-refractivity contribution >= 4 is 16.9 Å². The van der Waals surface area contributed by atoms with Gasteiger partial charge < -0.3 is 10.3 Å². The van der Waals surface area contributed by atoms with E-state index in [1.165, 1.54) is 6.92 Å². The van der Waals surface area contributed by atoms with Crippen LogP contribution in [0.25, 0.3) is 11.0 Å². The molecule has 0 atom stereocenters. The van der Waals surface area contributed by atoms with Gasteiger partial charge in [-0.05, 0) is 12.1 Å². The summed E-state index contributed by atoms with van der Waals surface area (Å²) in [5.74, 6) is 0.899. The third-order valence-electron chi connectivity index (χ3n) is 2.17. The number of carbonyl (C=O) groups excluding carboxylic acids is 1. The molecule has 1 heterocycles. The van der Waals surface area contributed by atoms with E-state index in [9.17, 15) is 4.79 Å². The predicted molar refractivity (Wildman–Crippen MR) is 69.8 cm³/mol. The number of imidazole rings is 1. The molecule has 0 aliphatic carbocycles. The molecule has 2 aromatic rings. The molecule has 0 saturated carbocycles. The van der Waals surface area contributed by atoms with Gasteiger partial charge in [0.05, 0.1) is 11.0 Å². The summed E-state index contributed by atoms with van der Waals surface area (Å²) in [5.41, 5.74) is 2.01. The normalized spacial score (nSPS) is 9.59. The number of carbonyl (C=O) groups is 1. The van der Waals surface area contributed by atoms with Crippen molar-refractivity contribution in [3.05, 3.63) is 30.1 Å². The molecule has 1 aromatic heterocycles. The molecule has 2 rings (SSSR count). The first-order valence-corrected chi connectivity index (χ1v) is 5.94. The maximum atomic E-state index is 10.7. The van der Waals surface area contributed by atoms with Crippen molar-refractivity contribution in [2.24, 2.45) is 0 Å². The number of H-pyrrole nitrogens is 1. The molecule has 0 fully saturated rings. The summed E-state index contributed by atoms with van der Waals surface area (Å²) >= 11 is 0. The van der Waals surface area contributed by atoms with Crippen molar-refractivity contribution in [2.45, 2.75) is 27.2 Å². The van der Waals surface area contributed by atoms with Crippen LogP contribution in [0.4, 0.5) is 0 Å². The summed E-state index contributed by atoms with van der Waals surface area (Å²) in [6, 6.07) is 7.89. The quantitative estimate of drug-likeness (QED) is 0.854. The molecule has 0 spiro atoms. The highest BCUT2D eigenvalue weighted by Gasteiger charge is 2.01. The van der Waals surface area contributed by atoms with Gasteiger partial charge in [-0.25, -0.2) is 4.98 Å². The van der Waals surface area contributed by atoms with Gasteiger partial charge in [0.1, 0.15) is 5.82 Å². The number of hydrogen-bond donors (Lipinski definition) is 2. The maximum Gasteiger partial charge on any atom is 0.216 e. The van der Waals surface area contributed by atoms with Crippen molar-refractivity contribution in [1.29, 1.82) is 0 Å². The van der Waals surface area contributed by atoms with E-state index in [-0.39, 0.29) is 5.91 Å². The van der Waals surface area contributed by atoms with Crippen molar-refractivity contribution in [3.63, 3.8) is 0 Å². The van der Waals surface area contributed by atoms with Crippen LogP contribution >= 0.6 is 0 Å². The van der Waals surface area contributed by atoms with Crippen LogP contribution in [0.15, 0.2) is 24.3 Å². The molecule has 4 heteroatoms. The fourth-order valence-electron chi connectivity index (χ4n) is 1.48. The SMILES string of the molecule is CC.CC(=O)NCCc1nc2ccccc2[nH]1. The van der Waals surface area contributed by atoms with E-state index < -0.39 is 0 Å². The van der Waals surface area contributed by atoms with Crippen molar-refractivity contribution < 1.29 is 4.79 Å². The lowest BCUT2D eigenvalue weighted by molar-refractivity contribution is -0.118. The third kappa shape index (κ3) is 3.90. The number of aromatic amines is 1. The number of aromatic nitrogens is 2. The molecule has 92 valence electrons. The van der Waals surface area contributed by atoms with Crippen molar-refractivity contribution in [2.75, 3.05) is 6.54 Å². The average Bonchev–Trinajstić information content (AvgIpc) is 2.73. The Labute approximate surface area is 101 Å². The van der Waals surface area contributed by atoms with Crippen LogP contribution in [-0.4, -0.2) is 22.4 Å². The molecule has 0 aliphatic rings. The lowest BCUT2D eigenvalue weighted by Gasteiger charge is -1.97. The van der Waals surface area contributed by atoms with E-state index in [2.05, 4.69) is 15.3 Å². The first-order valence-electron chi connectivity index (χ1n) is 5.94. The number of nitrogens with one attached hydrogen (secondary N) is 2. The molecule has 17 heavy (non-hydrogen) atoms. The van der Waals surface area contributed by atoms with Crippen molar-refractivity contribution in [1.82, 2.24) is 15.3 Å². The van der Waals surface area contributed by atoms with E-state index in [1.807, 2.05) is 38.1 Å². The number of nitrogens with zero attached hydrogens (tertiary/aromatic N) is 1. The van der Waals surface area contributed by atoms with Crippen LogP contribution in [0.3, 0.4) is 0 Å². The summed E-state index contributed by atoms with van der Waals surface area (Å²) in [7, 11) is 0. The molecule has 0 radical (unpaired) electrons. The number of rotatable bonds is 3. The highest BCUT2D eigenvalue weighted by molar-refractivity contribution is 5.75. The molecule has 0 bridgehead atoms. The first-order chi connectivity index (χ1) is 8.25. The number of fused-ring (bicyclic) bond motifs is 1. The van der Waals surface area contributed by atoms with Gasteiger partial charge in [-0.15, -0.1) is 0 Å². The van der Waals surface area contributed by atoms with Crippen LogP contribution in [0.1, 0.15) is 26.6 Å². The molecule has 2 N–H and O–H groups in total. The Morgan fingerprint density at radius 2 is 2.06 bits per heavy atom. The molecule has 1 amide bonds. The second kappa shape index (κ2) is 6.68. The van der Waals surface area contributed by atoms with Gasteiger partial charge >= 0.3 is 0 Å². The van der Waals surface area contributed by atoms with Crippen LogP contribution in [0.5, 0.6) is 0 Å². The summed E-state index contributed by atoms with van der Waals surface area (Å²) in [6.07, 6.45) is 0.730. The Kier molecular flexibility index (Phi) is 5.20. The van der Waals surface area contributed by atoms with Crippen LogP contribution < -0.4 is 5.32 Å². The summed E-state index contributed by atoms with van der Waals surface area (Å²) in [6.45, 7) is 6.13. The minimum atomic E-state index is -0.00823. The third-order valence-corrected chi connectivity index (χ3v) is 2.17. The fraction of sp³-hybridized carbons (Fsp3) is 0.385. The highest BCUT2D eigenvalue weighted by atomic mass is 16.1. The van der Waals surface area contributed by atoms with Crippen LogP contribution in [-0.2, 0) is 11.2 Å². The van der Waals surface area contributed by atoms with Gasteiger partial charge in [-0.3, -0.25) is 4.79 Å². The molecule has 0 aliphatic heterocycles. The lowest BCUT2D eigenvalue weighted by Crippen LogP contribution is -2.22. The second-order valence-corrected chi connectivity index (χ2v) is 3.43. The monoisotopic (exact) mass is 233 g/mol. The van der Waals surface area contributed by atoms with Crippen molar-refractivity contribution in [3.8, 4) is 0 Å². The Morgan fingerprint density at radius 3 is 2.71 bits per heavy atom. The Morgan fingerprint density at radius 1 is 1.35 bits per heavy atom. The van der Waals surface area contributed by atoms with Gasteiger partial charge in [0.15, 0.2) is 0 Å². The molecule has 0 saturated heterocycles. The zero-order valence-electron chi connectivity index (χ0n) is 10.6.